The summed E-state index contributed by atoms with van der Waals surface area (Å²) in [6, 6.07) is 23.0. The third-order valence-electron chi connectivity index (χ3n) is 5.24. The molecule has 0 fully saturated rings. The van der Waals surface area contributed by atoms with E-state index in [9.17, 15) is 4.79 Å². The standard InChI is InChI=1S/C26H27N5O3S/c1-18-4-6-20(7-5-18)28-25(32)17-35-26-30-29-24(16-27-19-8-12-22(33-2)13-9-19)31(26)21-10-14-23(34-3)15-11-21/h4-15,27H,16-17H2,1-3H3,(H,28,32). The number of nitrogens with zero attached hydrogens (tertiary/aromatic N) is 3. The van der Waals surface area contributed by atoms with Gasteiger partial charge < -0.3 is 20.1 Å². The number of carbonyl (C=O) groups is 1. The molecule has 3 aromatic carbocycles. The van der Waals surface area contributed by atoms with Crippen LogP contribution in [0.15, 0.2) is 78.0 Å². The maximum absolute atomic E-state index is 12.5. The Hall–Kier alpha value is -3.98. The Morgan fingerprint density at radius 1 is 0.857 bits per heavy atom. The van der Waals surface area contributed by atoms with Crippen LogP contribution in [0.3, 0.4) is 0 Å². The van der Waals surface area contributed by atoms with E-state index in [4.69, 9.17) is 9.47 Å². The Balaban J connectivity index is 1.50. The van der Waals surface area contributed by atoms with Crippen LogP contribution in [-0.4, -0.2) is 40.6 Å². The smallest absolute Gasteiger partial charge is 0.234 e. The molecule has 8 nitrogen and oxygen atoms in total. The number of aromatic nitrogens is 3. The van der Waals surface area contributed by atoms with E-state index in [2.05, 4.69) is 20.8 Å². The number of hydrogen-bond acceptors (Lipinski definition) is 7. The number of hydrogen-bond donors (Lipinski definition) is 2. The van der Waals surface area contributed by atoms with Crippen LogP contribution < -0.4 is 20.1 Å². The number of thioether (sulfide) groups is 1. The van der Waals surface area contributed by atoms with Crippen molar-refractivity contribution in [3.63, 3.8) is 0 Å². The van der Waals surface area contributed by atoms with Gasteiger partial charge in [-0.1, -0.05) is 29.5 Å². The quantitative estimate of drug-likeness (QED) is 0.305. The van der Waals surface area contributed by atoms with Gasteiger partial charge in [-0.05, 0) is 67.6 Å². The lowest BCUT2D eigenvalue weighted by Gasteiger charge is -2.12. The number of carbonyl (C=O) groups excluding carboxylic acids is 1. The van der Waals surface area contributed by atoms with Gasteiger partial charge in [0.1, 0.15) is 11.5 Å². The molecule has 0 atom stereocenters. The van der Waals surface area contributed by atoms with Gasteiger partial charge in [0.2, 0.25) is 5.91 Å². The molecule has 0 radical (unpaired) electrons. The lowest BCUT2D eigenvalue weighted by molar-refractivity contribution is -0.113. The van der Waals surface area contributed by atoms with E-state index in [0.717, 1.165) is 34.1 Å². The maximum atomic E-state index is 12.5. The highest BCUT2D eigenvalue weighted by atomic mass is 32.2. The van der Waals surface area contributed by atoms with Crippen molar-refractivity contribution in [3.05, 3.63) is 84.2 Å². The van der Waals surface area contributed by atoms with Crippen LogP contribution in [0.25, 0.3) is 5.69 Å². The highest BCUT2D eigenvalue weighted by Gasteiger charge is 2.16. The van der Waals surface area contributed by atoms with Crippen LogP contribution in [0.1, 0.15) is 11.4 Å². The lowest BCUT2D eigenvalue weighted by atomic mass is 10.2. The van der Waals surface area contributed by atoms with Crippen LogP contribution >= 0.6 is 11.8 Å². The summed E-state index contributed by atoms with van der Waals surface area (Å²) in [6.07, 6.45) is 0. The predicted octanol–water partition coefficient (Wildman–Crippen LogP) is 4.94. The monoisotopic (exact) mass is 489 g/mol. The Labute approximate surface area is 208 Å². The zero-order valence-corrected chi connectivity index (χ0v) is 20.6. The van der Waals surface area contributed by atoms with Gasteiger partial charge in [0, 0.05) is 17.1 Å². The molecule has 9 heteroatoms. The van der Waals surface area contributed by atoms with E-state index in [1.54, 1.807) is 14.2 Å². The number of methoxy groups -OCH3 is 2. The van der Waals surface area contributed by atoms with E-state index >= 15 is 0 Å². The summed E-state index contributed by atoms with van der Waals surface area (Å²) >= 11 is 1.33. The lowest BCUT2D eigenvalue weighted by Crippen LogP contribution is -2.15. The summed E-state index contributed by atoms with van der Waals surface area (Å²) < 4.78 is 12.5. The molecule has 0 unspecified atom stereocenters. The van der Waals surface area contributed by atoms with Gasteiger partial charge in [-0.25, -0.2) is 0 Å². The molecule has 0 aliphatic rings. The Morgan fingerprint density at radius 3 is 2.09 bits per heavy atom. The number of rotatable bonds is 10. The van der Waals surface area contributed by atoms with Gasteiger partial charge in [0.25, 0.3) is 0 Å². The van der Waals surface area contributed by atoms with Gasteiger partial charge in [0.15, 0.2) is 11.0 Å². The van der Waals surface area contributed by atoms with Crippen molar-refractivity contribution in [2.75, 3.05) is 30.6 Å². The first-order chi connectivity index (χ1) is 17.1. The molecule has 1 heterocycles. The molecule has 4 aromatic rings. The van der Waals surface area contributed by atoms with Crippen molar-refractivity contribution >= 4 is 29.0 Å². The normalized spacial score (nSPS) is 10.6. The van der Waals surface area contributed by atoms with E-state index in [1.807, 2.05) is 84.3 Å². The first kappa shape index (κ1) is 24.2. The number of amides is 1. The number of benzene rings is 3. The van der Waals surface area contributed by atoms with Gasteiger partial charge >= 0.3 is 0 Å². The highest BCUT2D eigenvalue weighted by Crippen LogP contribution is 2.25. The molecule has 1 aromatic heterocycles. The van der Waals surface area contributed by atoms with Crippen molar-refractivity contribution in [2.45, 2.75) is 18.6 Å². The van der Waals surface area contributed by atoms with Crippen LogP contribution in [0.4, 0.5) is 11.4 Å². The van der Waals surface area contributed by atoms with Crippen molar-refractivity contribution in [2.24, 2.45) is 0 Å². The first-order valence-corrected chi connectivity index (χ1v) is 12.0. The summed E-state index contributed by atoms with van der Waals surface area (Å²) in [5.74, 6) is 2.35. The van der Waals surface area contributed by atoms with E-state index in [1.165, 1.54) is 11.8 Å². The van der Waals surface area contributed by atoms with Gasteiger partial charge in [-0.15, -0.1) is 10.2 Å². The van der Waals surface area contributed by atoms with Crippen molar-refractivity contribution < 1.29 is 14.3 Å². The van der Waals surface area contributed by atoms with Crippen molar-refractivity contribution in [1.82, 2.24) is 14.8 Å². The molecule has 0 aliphatic carbocycles. The molecule has 35 heavy (non-hydrogen) atoms. The molecular weight excluding hydrogens is 462 g/mol. The number of nitrogens with one attached hydrogen (secondary N) is 2. The fourth-order valence-electron chi connectivity index (χ4n) is 3.35. The molecule has 0 spiro atoms. The van der Waals surface area contributed by atoms with Gasteiger partial charge in [0.05, 0.1) is 26.5 Å². The summed E-state index contributed by atoms with van der Waals surface area (Å²) in [5.41, 5.74) is 3.72. The van der Waals surface area contributed by atoms with Crippen LogP contribution in [0.2, 0.25) is 0 Å². The zero-order valence-electron chi connectivity index (χ0n) is 19.8. The Kier molecular flexibility index (Phi) is 7.89. The van der Waals surface area contributed by atoms with Crippen molar-refractivity contribution in [3.8, 4) is 17.2 Å². The predicted molar refractivity (Wildman–Crippen MR) is 139 cm³/mol. The molecule has 180 valence electrons. The van der Waals surface area contributed by atoms with Gasteiger partial charge in [-0.3, -0.25) is 9.36 Å². The average molecular weight is 490 g/mol. The minimum Gasteiger partial charge on any atom is -0.497 e. The fourth-order valence-corrected chi connectivity index (χ4v) is 4.12. The molecule has 1 amide bonds. The molecule has 4 rings (SSSR count). The van der Waals surface area contributed by atoms with Crippen molar-refractivity contribution in [1.29, 1.82) is 0 Å². The number of aryl methyl sites for hydroxylation is 1. The Morgan fingerprint density at radius 2 is 1.46 bits per heavy atom. The van der Waals surface area contributed by atoms with E-state index < -0.39 is 0 Å². The zero-order chi connectivity index (χ0) is 24.6. The molecule has 0 saturated carbocycles. The molecule has 0 saturated heterocycles. The van der Waals surface area contributed by atoms with Crippen LogP contribution in [0.5, 0.6) is 11.5 Å². The second kappa shape index (κ2) is 11.4. The highest BCUT2D eigenvalue weighted by molar-refractivity contribution is 7.99. The number of anilines is 2. The summed E-state index contributed by atoms with van der Waals surface area (Å²) in [5, 5.41) is 15.7. The minimum absolute atomic E-state index is 0.110. The molecular formula is C26H27N5O3S. The molecule has 0 aliphatic heterocycles. The summed E-state index contributed by atoms with van der Waals surface area (Å²) in [7, 11) is 3.27. The largest absolute Gasteiger partial charge is 0.497 e. The first-order valence-electron chi connectivity index (χ1n) is 11.0. The summed E-state index contributed by atoms with van der Waals surface area (Å²) in [4.78, 5) is 12.5. The van der Waals surface area contributed by atoms with E-state index in [0.29, 0.717) is 17.5 Å². The maximum Gasteiger partial charge on any atom is 0.234 e. The number of ether oxygens (including phenoxy) is 2. The average Bonchev–Trinajstić information content (AvgIpc) is 3.30. The second-order valence-electron chi connectivity index (χ2n) is 7.72. The summed E-state index contributed by atoms with van der Waals surface area (Å²) in [6.45, 7) is 2.45. The second-order valence-corrected chi connectivity index (χ2v) is 8.66. The third kappa shape index (κ3) is 6.33. The van der Waals surface area contributed by atoms with E-state index in [-0.39, 0.29) is 11.7 Å². The van der Waals surface area contributed by atoms with Gasteiger partial charge in [-0.2, -0.15) is 0 Å². The van der Waals surface area contributed by atoms with Crippen LogP contribution in [-0.2, 0) is 11.3 Å². The fraction of sp³-hybridized carbons (Fsp3) is 0.192. The minimum atomic E-state index is -0.110. The SMILES string of the molecule is COc1ccc(NCc2nnc(SCC(=O)Nc3ccc(C)cc3)n2-c2ccc(OC)cc2)cc1. The third-order valence-corrected chi connectivity index (χ3v) is 6.17. The topological polar surface area (TPSA) is 90.3 Å². The van der Waals surface area contributed by atoms with Crippen LogP contribution in [0, 0.1) is 6.92 Å². The Bertz CT molecular complexity index is 1260. The molecule has 0 bridgehead atoms. The molecule has 2 N–H and O–H groups in total.